The van der Waals surface area contributed by atoms with Crippen molar-refractivity contribution in [3.05, 3.63) is 0 Å². The summed E-state index contributed by atoms with van der Waals surface area (Å²) in [5.74, 6) is -0.284. The Bertz CT molecular complexity index is 488. The Hall–Kier alpha value is -0.650. The summed E-state index contributed by atoms with van der Waals surface area (Å²) < 4.78 is 0. The SMILES string of the molecule is CCCCCCCCCCCCCCC[C@@H](O)[C@H](CO)NC(=O)CC(O)CCCCCCCCCCCC. The number of aliphatic hydroxyl groups excluding tert-OH is 3. The van der Waals surface area contributed by atoms with Crippen LogP contribution in [0.4, 0.5) is 0 Å². The molecule has 0 aromatic rings. The number of hydrogen-bond donors (Lipinski definition) is 4. The summed E-state index contributed by atoms with van der Waals surface area (Å²) in [5.41, 5.74) is 0. The first-order chi connectivity index (χ1) is 18.5. The summed E-state index contributed by atoms with van der Waals surface area (Å²) in [6.45, 7) is 4.23. The van der Waals surface area contributed by atoms with Crippen LogP contribution >= 0.6 is 0 Å². The van der Waals surface area contributed by atoms with E-state index in [9.17, 15) is 20.1 Å². The average molecular weight is 542 g/mol. The van der Waals surface area contributed by atoms with Crippen LogP contribution in [0.3, 0.4) is 0 Å². The summed E-state index contributed by atoms with van der Waals surface area (Å²) in [4.78, 5) is 12.3. The minimum atomic E-state index is -0.740. The molecule has 0 bridgehead atoms. The van der Waals surface area contributed by atoms with Crippen molar-refractivity contribution in [3.63, 3.8) is 0 Å². The molecular formula is C33H67NO4. The lowest BCUT2D eigenvalue weighted by Gasteiger charge is -2.23. The highest BCUT2D eigenvalue weighted by molar-refractivity contribution is 5.76. The second-order valence-corrected chi connectivity index (χ2v) is 11.8. The van der Waals surface area contributed by atoms with Crippen LogP contribution in [0.2, 0.25) is 0 Å². The molecule has 3 atom stereocenters. The minimum absolute atomic E-state index is 0.0411. The first kappa shape index (κ1) is 37.4. The fourth-order valence-electron chi connectivity index (χ4n) is 5.29. The molecule has 0 fully saturated rings. The van der Waals surface area contributed by atoms with Gasteiger partial charge in [-0.3, -0.25) is 4.79 Å². The Morgan fingerprint density at radius 3 is 1.26 bits per heavy atom. The van der Waals surface area contributed by atoms with Gasteiger partial charge in [-0.05, 0) is 12.8 Å². The fraction of sp³-hybridized carbons (Fsp3) is 0.970. The molecule has 1 unspecified atom stereocenters. The maximum Gasteiger partial charge on any atom is 0.222 e. The zero-order valence-corrected chi connectivity index (χ0v) is 25.6. The lowest BCUT2D eigenvalue weighted by molar-refractivity contribution is -0.125. The zero-order valence-electron chi connectivity index (χ0n) is 25.6. The van der Waals surface area contributed by atoms with E-state index in [1.54, 1.807) is 0 Å². The second-order valence-electron chi connectivity index (χ2n) is 11.8. The second kappa shape index (κ2) is 29.3. The predicted molar refractivity (Wildman–Crippen MR) is 162 cm³/mol. The van der Waals surface area contributed by atoms with Crippen LogP contribution in [-0.2, 0) is 4.79 Å². The number of aliphatic hydroxyl groups is 3. The third-order valence-corrected chi connectivity index (χ3v) is 7.92. The van der Waals surface area contributed by atoms with Gasteiger partial charge in [0.25, 0.3) is 0 Å². The topological polar surface area (TPSA) is 89.8 Å². The van der Waals surface area contributed by atoms with Crippen LogP contribution in [-0.4, -0.2) is 46.1 Å². The Labute approximate surface area is 237 Å². The molecule has 228 valence electrons. The van der Waals surface area contributed by atoms with E-state index >= 15 is 0 Å². The number of rotatable bonds is 30. The Kier molecular flexibility index (Phi) is 28.8. The van der Waals surface area contributed by atoms with Crippen molar-refractivity contribution in [1.82, 2.24) is 5.32 Å². The molecule has 0 rings (SSSR count). The van der Waals surface area contributed by atoms with Gasteiger partial charge in [0, 0.05) is 0 Å². The Morgan fingerprint density at radius 1 is 0.553 bits per heavy atom. The molecule has 0 radical (unpaired) electrons. The molecule has 0 saturated heterocycles. The van der Waals surface area contributed by atoms with Gasteiger partial charge in [0.1, 0.15) is 0 Å². The van der Waals surface area contributed by atoms with Gasteiger partial charge in [-0.1, -0.05) is 162 Å². The number of carbonyl (C=O) groups excluding carboxylic acids is 1. The van der Waals surface area contributed by atoms with Gasteiger partial charge in [0.05, 0.1) is 31.3 Å². The number of hydrogen-bond acceptors (Lipinski definition) is 4. The molecule has 0 spiro atoms. The van der Waals surface area contributed by atoms with Gasteiger partial charge in [-0.15, -0.1) is 0 Å². The number of unbranched alkanes of at least 4 members (excludes halogenated alkanes) is 21. The standard InChI is InChI=1S/C33H67NO4/c1-3-5-7-9-11-13-15-16-17-19-21-23-25-27-32(37)31(29-35)34-33(38)28-30(36)26-24-22-20-18-14-12-10-8-6-4-2/h30-32,35-37H,3-29H2,1-2H3,(H,34,38)/t30?,31-,32+/m0/s1. The van der Waals surface area contributed by atoms with Crippen molar-refractivity contribution in [1.29, 1.82) is 0 Å². The third kappa shape index (κ3) is 25.6. The van der Waals surface area contributed by atoms with Crippen molar-refractivity contribution in [3.8, 4) is 0 Å². The van der Waals surface area contributed by atoms with Crippen molar-refractivity contribution < 1.29 is 20.1 Å². The first-order valence-electron chi connectivity index (χ1n) is 16.8. The van der Waals surface area contributed by atoms with Crippen LogP contribution in [0.25, 0.3) is 0 Å². The molecule has 5 nitrogen and oxygen atoms in total. The van der Waals surface area contributed by atoms with Gasteiger partial charge < -0.3 is 20.6 Å². The van der Waals surface area contributed by atoms with Crippen LogP contribution < -0.4 is 5.32 Å². The van der Waals surface area contributed by atoms with Crippen molar-refractivity contribution >= 4 is 5.91 Å². The van der Waals surface area contributed by atoms with Gasteiger partial charge in [0.2, 0.25) is 5.91 Å². The molecule has 0 aliphatic carbocycles. The van der Waals surface area contributed by atoms with Crippen LogP contribution in [0, 0.1) is 0 Å². The average Bonchev–Trinajstić information content (AvgIpc) is 2.90. The van der Waals surface area contributed by atoms with Crippen LogP contribution in [0.1, 0.15) is 181 Å². The Morgan fingerprint density at radius 2 is 0.895 bits per heavy atom. The van der Waals surface area contributed by atoms with E-state index in [2.05, 4.69) is 19.2 Å². The molecule has 0 heterocycles. The van der Waals surface area contributed by atoms with Gasteiger partial charge in [-0.25, -0.2) is 0 Å². The van der Waals surface area contributed by atoms with E-state index in [1.807, 2.05) is 0 Å². The monoisotopic (exact) mass is 542 g/mol. The summed E-state index contributed by atoms with van der Waals surface area (Å²) >= 11 is 0. The predicted octanol–water partition coefficient (Wildman–Crippen LogP) is 8.37. The smallest absolute Gasteiger partial charge is 0.222 e. The maximum atomic E-state index is 12.3. The molecule has 0 saturated carbocycles. The Balaban J connectivity index is 3.69. The van der Waals surface area contributed by atoms with E-state index in [-0.39, 0.29) is 18.9 Å². The molecule has 0 aliphatic heterocycles. The minimum Gasteiger partial charge on any atom is -0.394 e. The van der Waals surface area contributed by atoms with E-state index in [0.29, 0.717) is 12.8 Å². The van der Waals surface area contributed by atoms with Crippen LogP contribution in [0.15, 0.2) is 0 Å². The van der Waals surface area contributed by atoms with Crippen molar-refractivity contribution in [2.75, 3.05) is 6.61 Å². The molecule has 0 aromatic carbocycles. The molecule has 5 heteroatoms. The summed E-state index contributed by atoms with van der Waals surface area (Å²) in [6.07, 6.45) is 29.0. The zero-order chi connectivity index (χ0) is 28.1. The lowest BCUT2D eigenvalue weighted by atomic mass is 10.0. The third-order valence-electron chi connectivity index (χ3n) is 7.92. The summed E-state index contributed by atoms with van der Waals surface area (Å²) in [5, 5.41) is 33.0. The number of nitrogens with one attached hydrogen (secondary N) is 1. The summed E-state index contributed by atoms with van der Waals surface area (Å²) in [7, 11) is 0. The molecule has 1 amide bonds. The largest absolute Gasteiger partial charge is 0.394 e. The normalized spacial score (nSPS) is 13.9. The van der Waals surface area contributed by atoms with Crippen LogP contribution in [0.5, 0.6) is 0 Å². The van der Waals surface area contributed by atoms with Crippen molar-refractivity contribution in [2.45, 2.75) is 199 Å². The van der Waals surface area contributed by atoms with E-state index < -0.39 is 18.2 Å². The van der Waals surface area contributed by atoms with E-state index in [4.69, 9.17) is 0 Å². The van der Waals surface area contributed by atoms with E-state index in [0.717, 1.165) is 25.7 Å². The van der Waals surface area contributed by atoms with Crippen molar-refractivity contribution in [2.24, 2.45) is 0 Å². The summed E-state index contributed by atoms with van der Waals surface area (Å²) in [6, 6.07) is -0.649. The molecule has 0 aromatic heterocycles. The number of amides is 1. The molecule has 4 N–H and O–H groups in total. The fourth-order valence-corrected chi connectivity index (χ4v) is 5.29. The van der Waals surface area contributed by atoms with Gasteiger partial charge >= 0.3 is 0 Å². The first-order valence-corrected chi connectivity index (χ1v) is 16.8. The number of carbonyl (C=O) groups is 1. The highest BCUT2D eigenvalue weighted by atomic mass is 16.3. The maximum absolute atomic E-state index is 12.3. The molecule has 38 heavy (non-hydrogen) atoms. The lowest BCUT2D eigenvalue weighted by Crippen LogP contribution is -2.46. The quantitative estimate of drug-likeness (QED) is 0.0688. The molecule has 0 aliphatic rings. The molecular weight excluding hydrogens is 474 g/mol. The highest BCUT2D eigenvalue weighted by Crippen LogP contribution is 2.15. The van der Waals surface area contributed by atoms with Gasteiger partial charge in [0.15, 0.2) is 0 Å². The van der Waals surface area contributed by atoms with Gasteiger partial charge in [-0.2, -0.15) is 0 Å². The van der Waals surface area contributed by atoms with E-state index in [1.165, 1.54) is 122 Å². The highest BCUT2D eigenvalue weighted by Gasteiger charge is 2.21.